The van der Waals surface area contributed by atoms with E-state index < -0.39 is 11.9 Å². The summed E-state index contributed by atoms with van der Waals surface area (Å²) in [5.74, 6) is -0.334. The van der Waals surface area contributed by atoms with Gasteiger partial charge in [-0.15, -0.1) is 0 Å². The van der Waals surface area contributed by atoms with E-state index in [0.29, 0.717) is 34.5 Å². The van der Waals surface area contributed by atoms with E-state index in [2.05, 4.69) is 0 Å². The number of ether oxygens (including phenoxy) is 1. The van der Waals surface area contributed by atoms with Crippen molar-refractivity contribution in [3.05, 3.63) is 58.0 Å². The minimum Gasteiger partial charge on any atom is -0.467 e. The van der Waals surface area contributed by atoms with Crippen molar-refractivity contribution in [3.8, 4) is 0 Å². The van der Waals surface area contributed by atoms with Crippen LogP contribution < -0.4 is 0 Å². The zero-order valence-electron chi connectivity index (χ0n) is 12.7. The number of hydrogen-bond acceptors (Lipinski definition) is 4. The fourth-order valence-corrected chi connectivity index (χ4v) is 3.11. The highest BCUT2D eigenvalue weighted by Gasteiger charge is 2.35. The number of halogens is 2. The third-order valence-electron chi connectivity index (χ3n) is 3.90. The summed E-state index contributed by atoms with van der Waals surface area (Å²) < 4.78 is 10.5. The molecule has 0 bridgehead atoms. The molecule has 0 aliphatic carbocycles. The number of nitrogens with zero attached hydrogens (tertiary/aromatic N) is 1. The van der Waals surface area contributed by atoms with Crippen LogP contribution in [0.4, 0.5) is 0 Å². The Bertz CT molecular complexity index is 725. The first-order valence-corrected chi connectivity index (χ1v) is 8.20. The number of carbonyl (C=O) groups excluding carboxylic acids is 2. The van der Waals surface area contributed by atoms with Gasteiger partial charge in [-0.2, -0.15) is 0 Å². The predicted molar refractivity (Wildman–Crippen MR) is 88.5 cm³/mol. The average Bonchev–Trinajstić information content (AvgIpc) is 3.17. The summed E-state index contributed by atoms with van der Waals surface area (Å²) in [5.41, 5.74) is 0.561. The van der Waals surface area contributed by atoms with Crippen molar-refractivity contribution >= 4 is 35.1 Å². The molecule has 0 radical (unpaired) electrons. The number of likely N-dealkylation sites (tertiary alicyclic amines) is 1. The summed E-state index contributed by atoms with van der Waals surface area (Å²) in [4.78, 5) is 25.8. The lowest BCUT2D eigenvalue weighted by Crippen LogP contribution is -2.26. The molecule has 24 heavy (non-hydrogen) atoms. The summed E-state index contributed by atoms with van der Waals surface area (Å²) >= 11 is 12.1. The molecule has 0 saturated carbocycles. The standard InChI is InChI=1S/C17H15Cl2NO4/c18-14-4-1-5-15(19)13(14)10-24-17(22)11-7-16(21)20(8-11)9-12-3-2-6-23-12/h1-6,11H,7-10H2/t11-/m1/s1. The van der Waals surface area contributed by atoms with Gasteiger partial charge in [0.05, 0.1) is 18.7 Å². The fraction of sp³-hybridized carbons (Fsp3) is 0.294. The Hall–Kier alpha value is -1.98. The van der Waals surface area contributed by atoms with Gasteiger partial charge in [0, 0.05) is 28.6 Å². The summed E-state index contributed by atoms with van der Waals surface area (Å²) in [6, 6.07) is 8.63. The van der Waals surface area contributed by atoms with Crippen molar-refractivity contribution < 1.29 is 18.7 Å². The molecule has 1 aliphatic heterocycles. The third kappa shape index (κ3) is 3.74. The maximum absolute atomic E-state index is 12.2. The molecule has 1 amide bonds. The number of benzene rings is 1. The van der Waals surface area contributed by atoms with Crippen LogP contribution in [0.15, 0.2) is 41.0 Å². The van der Waals surface area contributed by atoms with Gasteiger partial charge in [0.1, 0.15) is 12.4 Å². The molecule has 1 atom stereocenters. The number of esters is 1. The van der Waals surface area contributed by atoms with E-state index in [0.717, 1.165) is 0 Å². The van der Waals surface area contributed by atoms with Crippen LogP contribution in [-0.4, -0.2) is 23.3 Å². The molecule has 126 valence electrons. The second kappa shape index (κ2) is 7.28. The van der Waals surface area contributed by atoms with Gasteiger partial charge in [-0.25, -0.2) is 0 Å². The highest BCUT2D eigenvalue weighted by molar-refractivity contribution is 6.35. The minimum absolute atomic E-state index is 0.0137. The Kier molecular flexibility index (Phi) is 5.11. The Morgan fingerprint density at radius 1 is 1.25 bits per heavy atom. The highest BCUT2D eigenvalue weighted by Crippen LogP contribution is 2.26. The molecular weight excluding hydrogens is 353 g/mol. The Balaban J connectivity index is 1.57. The van der Waals surface area contributed by atoms with Crippen LogP contribution >= 0.6 is 23.2 Å². The molecule has 1 aliphatic rings. The van der Waals surface area contributed by atoms with Gasteiger partial charge in [0.15, 0.2) is 0 Å². The molecular formula is C17H15Cl2NO4. The van der Waals surface area contributed by atoms with Crippen molar-refractivity contribution in [2.45, 2.75) is 19.6 Å². The fourth-order valence-electron chi connectivity index (χ4n) is 2.60. The largest absolute Gasteiger partial charge is 0.467 e. The van der Waals surface area contributed by atoms with Crippen LogP contribution in [0.1, 0.15) is 17.7 Å². The first-order valence-electron chi connectivity index (χ1n) is 7.44. The lowest BCUT2D eigenvalue weighted by molar-refractivity contribution is -0.149. The molecule has 3 rings (SSSR count). The van der Waals surface area contributed by atoms with Crippen LogP contribution in [0, 0.1) is 5.92 Å². The van der Waals surface area contributed by atoms with Crippen molar-refractivity contribution in [1.82, 2.24) is 4.90 Å². The minimum atomic E-state index is -0.492. The van der Waals surface area contributed by atoms with Gasteiger partial charge < -0.3 is 14.1 Å². The number of furan rings is 1. The number of rotatable bonds is 5. The van der Waals surface area contributed by atoms with E-state index in [-0.39, 0.29) is 18.9 Å². The Morgan fingerprint density at radius 3 is 2.67 bits per heavy atom. The van der Waals surface area contributed by atoms with Gasteiger partial charge in [0.25, 0.3) is 0 Å². The van der Waals surface area contributed by atoms with E-state index in [1.807, 2.05) is 0 Å². The van der Waals surface area contributed by atoms with Crippen LogP contribution in [0.5, 0.6) is 0 Å². The predicted octanol–water partition coefficient (Wildman–Crippen LogP) is 3.68. The summed E-state index contributed by atoms with van der Waals surface area (Å²) in [6.45, 7) is 0.654. The molecule has 1 aromatic carbocycles. The number of carbonyl (C=O) groups is 2. The van der Waals surface area contributed by atoms with E-state index in [4.69, 9.17) is 32.4 Å². The van der Waals surface area contributed by atoms with E-state index in [9.17, 15) is 9.59 Å². The summed E-state index contributed by atoms with van der Waals surface area (Å²) in [6.07, 6.45) is 1.69. The van der Waals surface area contributed by atoms with Gasteiger partial charge >= 0.3 is 5.97 Å². The molecule has 7 heteroatoms. The maximum atomic E-state index is 12.2. The van der Waals surface area contributed by atoms with Crippen molar-refractivity contribution in [1.29, 1.82) is 0 Å². The number of amides is 1. The highest BCUT2D eigenvalue weighted by atomic mass is 35.5. The average molecular weight is 368 g/mol. The third-order valence-corrected chi connectivity index (χ3v) is 4.60. The van der Waals surface area contributed by atoms with Gasteiger partial charge in [-0.1, -0.05) is 29.3 Å². The van der Waals surface area contributed by atoms with Crippen LogP contribution in [0.2, 0.25) is 10.0 Å². The zero-order chi connectivity index (χ0) is 17.1. The van der Waals surface area contributed by atoms with Gasteiger partial charge in [-0.3, -0.25) is 9.59 Å². The summed E-state index contributed by atoms with van der Waals surface area (Å²) in [7, 11) is 0. The molecule has 0 unspecified atom stereocenters. The SMILES string of the molecule is O=C(OCc1c(Cl)cccc1Cl)[C@@H]1CC(=O)N(Cc2ccco2)C1. The van der Waals surface area contributed by atoms with Crippen molar-refractivity contribution in [2.75, 3.05) is 6.54 Å². The first kappa shape index (κ1) is 16.9. The van der Waals surface area contributed by atoms with Crippen LogP contribution in [-0.2, 0) is 27.5 Å². The second-order valence-electron chi connectivity index (χ2n) is 5.56. The molecule has 2 aromatic rings. The Labute approximate surface area is 149 Å². The molecule has 2 heterocycles. The molecule has 1 fully saturated rings. The smallest absolute Gasteiger partial charge is 0.311 e. The molecule has 5 nitrogen and oxygen atoms in total. The normalized spacial score (nSPS) is 17.3. The molecule has 0 N–H and O–H groups in total. The lowest BCUT2D eigenvalue weighted by Gasteiger charge is -2.15. The van der Waals surface area contributed by atoms with E-state index in [1.165, 1.54) is 0 Å². The number of hydrogen-bond donors (Lipinski definition) is 0. The topological polar surface area (TPSA) is 59.8 Å². The van der Waals surface area contributed by atoms with Crippen molar-refractivity contribution in [3.63, 3.8) is 0 Å². The van der Waals surface area contributed by atoms with Crippen molar-refractivity contribution in [2.24, 2.45) is 5.92 Å². The van der Waals surface area contributed by atoms with E-state index >= 15 is 0 Å². The zero-order valence-corrected chi connectivity index (χ0v) is 14.2. The van der Waals surface area contributed by atoms with Crippen LogP contribution in [0.25, 0.3) is 0 Å². The summed E-state index contributed by atoms with van der Waals surface area (Å²) in [5, 5.41) is 0.884. The lowest BCUT2D eigenvalue weighted by atomic mass is 10.1. The monoisotopic (exact) mass is 367 g/mol. The molecule has 0 spiro atoms. The van der Waals surface area contributed by atoms with E-state index in [1.54, 1.807) is 41.5 Å². The maximum Gasteiger partial charge on any atom is 0.311 e. The van der Waals surface area contributed by atoms with Gasteiger partial charge in [0.2, 0.25) is 5.91 Å². The Morgan fingerprint density at radius 2 is 2.00 bits per heavy atom. The first-order chi connectivity index (χ1) is 11.5. The molecule has 1 aromatic heterocycles. The van der Waals surface area contributed by atoms with Gasteiger partial charge in [-0.05, 0) is 24.3 Å². The second-order valence-corrected chi connectivity index (χ2v) is 6.38. The molecule has 1 saturated heterocycles. The van der Waals surface area contributed by atoms with Crippen LogP contribution in [0.3, 0.4) is 0 Å². The quantitative estimate of drug-likeness (QED) is 0.756.